The molecule has 1 aliphatic heterocycles. The zero-order valence-corrected chi connectivity index (χ0v) is 21.5. The molecule has 36 heavy (non-hydrogen) atoms. The van der Waals surface area contributed by atoms with Gasteiger partial charge in [0.15, 0.2) is 5.82 Å². The number of benzene rings is 2. The number of nitrogens with zero attached hydrogens (tertiary/aromatic N) is 3. The minimum Gasteiger partial charge on any atom is -0.371 e. The average molecular weight is 490 g/mol. The van der Waals surface area contributed by atoms with Crippen LogP contribution in [0.25, 0.3) is 11.5 Å². The van der Waals surface area contributed by atoms with Gasteiger partial charge in [-0.25, -0.2) is 0 Å². The second kappa shape index (κ2) is 10.9. The molecule has 0 bridgehead atoms. The largest absolute Gasteiger partial charge is 0.371 e. The van der Waals surface area contributed by atoms with Gasteiger partial charge in [0, 0.05) is 29.9 Å². The van der Waals surface area contributed by atoms with E-state index >= 15 is 0 Å². The van der Waals surface area contributed by atoms with Crippen molar-refractivity contribution in [1.29, 1.82) is 0 Å². The summed E-state index contributed by atoms with van der Waals surface area (Å²) in [6.45, 7) is 10.0. The van der Waals surface area contributed by atoms with Crippen molar-refractivity contribution in [2.24, 2.45) is 0 Å². The summed E-state index contributed by atoms with van der Waals surface area (Å²) in [6, 6.07) is 14.3. The average Bonchev–Trinajstić information content (AvgIpc) is 3.56. The molecule has 1 fully saturated rings. The fourth-order valence-electron chi connectivity index (χ4n) is 4.28. The van der Waals surface area contributed by atoms with E-state index in [9.17, 15) is 9.59 Å². The highest BCUT2D eigenvalue weighted by Crippen LogP contribution is 2.27. The topological polar surface area (TPSA) is 100 Å². The molecule has 1 aliphatic rings. The van der Waals surface area contributed by atoms with Gasteiger partial charge < -0.3 is 20.1 Å². The maximum Gasteiger partial charge on any atom is 0.258 e. The Bertz CT molecular complexity index is 1210. The summed E-state index contributed by atoms with van der Waals surface area (Å²) in [5.41, 5.74) is 2.46. The highest BCUT2D eigenvalue weighted by atomic mass is 16.5. The molecule has 8 heteroatoms. The number of carbonyl (C=O) groups is 2. The third-order valence-electron chi connectivity index (χ3n) is 6.28. The summed E-state index contributed by atoms with van der Waals surface area (Å²) in [5.74, 6) is 0.239. The SMILES string of the molecule is CCCC(NC(=O)c1ccccc1-c1nc(C(C)(C)C)no1)C(=O)Nc1cccc(N2CCCC2)c1. The molecule has 2 amide bonds. The Morgan fingerprint density at radius 2 is 1.83 bits per heavy atom. The lowest BCUT2D eigenvalue weighted by molar-refractivity contribution is -0.118. The molecule has 2 heterocycles. The lowest BCUT2D eigenvalue weighted by Crippen LogP contribution is -2.43. The minimum absolute atomic E-state index is 0.242. The van der Waals surface area contributed by atoms with Crippen LogP contribution in [0.3, 0.4) is 0 Å². The van der Waals surface area contributed by atoms with E-state index in [-0.39, 0.29) is 23.1 Å². The van der Waals surface area contributed by atoms with E-state index in [4.69, 9.17) is 4.52 Å². The molecular weight excluding hydrogens is 454 g/mol. The molecule has 4 rings (SSSR count). The van der Waals surface area contributed by atoms with Crippen molar-refractivity contribution in [3.8, 4) is 11.5 Å². The van der Waals surface area contributed by atoms with Gasteiger partial charge in [-0.05, 0) is 49.6 Å². The number of carbonyl (C=O) groups excluding carboxylic acids is 2. The second-order valence-electron chi connectivity index (χ2n) is 10.3. The van der Waals surface area contributed by atoms with Crippen molar-refractivity contribution in [3.05, 3.63) is 59.9 Å². The Labute approximate surface area is 212 Å². The summed E-state index contributed by atoms with van der Waals surface area (Å²) < 4.78 is 5.48. The van der Waals surface area contributed by atoms with Crippen molar-refractivity contribution in [2.45, 2.75) is 64.8 Å². The van der Waals surface area contributed by atoms with E-state index in [0.29, 0.717) is 23.4 Å². The molecule has 3 aromatic rings. The number of hydrogen-bond donors (Lipinski definition) is 2. The zero-order valence-electron chi connectivity index (χ0n) is 21.5. The molecular formula is C28H35N5O3. The van der Waals surface area contributed by atoms with Crippen LogP contribution in [0.4, 0.5) is 11.4 Å². The molecule has 1 atom stereocenters. The van der Waals surface area contributed by atoms with Gasteiger partial charge in [-0.1, -0.05) is 57.5 Å². The van der Waals surface area contributed by atoms with Gasteiger partial charge in [0.1, 0.15) is 6.04 Å². The molecule has 0 saturated carbocycles. The highest BCUT2D eigenvalue weighted by Gasteiger charge is 2.26. The quantitative estimate of drug-likeness (QED) is 0.453. The smallest absolute Gasteiger partial charge is 0.258 e. The summed E-state index contributed by atoms with van der Waals surface area (Å²) >= 11 is 0. The summed E-state index contributed by atoms with van der Waals surface area (Å²) in [4.78, 5) is 33.3. The lowest BCUT2D eigenvalue weighted by Gasteiger charge is -2.21. The third kappa shape index (κ3) is 5.93. The molecule has 2 aromatic carbocycles. The van der Waals surface area contributed by atoms with Crippen molar-refractivity contribution < 1.29 is 14.1 Å². The molecule has 1 saturated heterocycles. The van der Waals surface area contributed by atoms with Crippen LogP contribution in [0.1, 0.15) is 69.6 Å². The molecule has 1 unspecified atom stereocenters. The van der Waals surface area contributed by atoms with Crippen LogP contribution in [-0.2, 0) is 10.2 Å². The number of aromatic nitrogens is 2. The monoisotopic (exact) mass is 489 g/mol. The Morgan fingerprint density at radius 1 is 1.08 bits per heavy atom. The van der Waals surface area contributed by atoms with Crippen LogP contribution < -0.4 is 15.5 Å². The molecule has 2 N–H and O–H groups in total. The van der Waals surface area contributed by atoms with E-state index in [1.165, 1.54) is 12.8 Å². The number of rotatable bonds is 8. The Balaban J connectivity index is 1.50. The molecule has 0 aliphatic carbocycles. The molecule has 0 radical (unpaired) electrons. The van der Waals surface area contributed by atoms with Crippen molar-refractivity contribution in [2.75, 3.05) is 23.3 Å². The van der Waals surface area contributed by atoms with Gasteiger partial charge in [0.25, 0.3) is 11.8 Å². The molecule has 8 nitrogen and oxygen atoms in total. The van der Waals surface area contributed by atoms with Gasteiger partial charge in [-0.15, -0.1) is 0 Å². The molecule has 0 spiro atoms. The standard InChI is InChI=1S/C28H35N5O3/c1-5-11-23(25(35)29-19-12-10-13-20(18-19)33-16-8-9-17-33)30-24(34)21-14-6-7-15-22(21)26-31-27(32-36-26)28(2,3)4/h6-7,10,12-15,18,23H,5,8-9,11,16-17H2,1-4H3,(H,29,35)(H,30,34). The summed E-state index contributed by atoms with van der Waals surface area (Å²) in [7, 11) is 0. The maximum absolute atomic E-state index is 13.3. The number of anilines is 2. The summed E-state index contributed by atoms with van der Waals surface area (Å²) in [5, 5.41) is 9.99. The lowest BCUT2D eigenvalue weighted by atomic mass is 9.96. The highest BCUT2D eigenvalue weighted by molar-refractivity contribution is 6.04. The van der Waals surface area contributed by atoms with E-state index in [0.717, 1.165) is 30.9 Å². The fraction of sp³-hybridized carbons (Fsp3) is 0.429. The van der Waals surface area contributed by atoms with Crippen LogP contribution >= 0.6 is 0 Å². The van der Waals surface area contributed by atoms with Crippen LogP contribution in [0.15, 0.2) is 53.1 Å². The van der Waals surface area contributed by atoms with Crippen molar-refractivity contribution in [1.82, 2.24) is 15.5 Å². The van der Waals surface area contributed by atoms with Crippen molar-refractivity contribution in [3.63, 3.8) is 0 Å². The van der Waals surface area contributed by atoms with E-state index in [1.54, 1.807) is 18.2 Å². The molecule has 1 aromatic heterocycles. The number of amides is 2. The Morgan fingerprint density at radius 3 is 2.53 bits per heavy atom. The van der Waals surface area contributed by atoms with Gasteiger partial charge in [-0.2, -0.15) is 4.98 Å². The maximum atomic E-state index is 13.3. The predicted molar refractivity (Wildman–Crippen MR) is 141 cm³/mol. The predicted octanol–water partition coefficient (Wildman–Crippen LogP) is 5.17. The first kappa shape index (κ1) is 25.4. The third-order valence-corrected chi connectivity index (χ3v) is 6.28. The van der Waals surface area contributed by atoms with Crippen LogP contribution in [-0.4, -0.2) is 41.1 Å². The van der Waals surface area contributed by atoms with Gasteiger partial charge in [0.2, 0.25) is 5.91 Å². The minimum atomic E-state index is -0.682. The van der Waals surface area contributed by atoms with Gasteiger partial charge in [0.05, 0.1) is 11.1 Å². The van der Waals surface area contributed by atoms with Gasteiger partial charge >= 0.3 is 0 Å². The fourth-order valence-corrected chi connectivity index (χ4v) is 4.28. The number of nitrogens with one attached hydrogen (secondary N) is 2. The van der Waals surface area contributed by atoms with Gasteiger partial charge in [-0.3, -0.25) is 9.59 Å². The Kier molecular flexibility index (Phi) is 7.72. The first-order chi connectivity index (χ1) is 17.3. The normalized spacial score (nSPS) is 14.5. The van der Waals surface area contributed by atoms with E-state index in [1.807, 2.05) is 52.0 Å². The van der Waals surface area contributed by atoms with E-state index < -0.39 is 6.04 Å². The van der Waals surface area contributed by atoms with E-state index in [2.05, 4.69) is 31.7 Å². The first-order valence-electron chi connectivity index (χ1n) is 12.7. The van der Waals surface area contributed by atoms with Crippen LogP contribution in [0, 0.1) is 0 Å². The Hall–Kier alpha value is -3.68. The van der Waals surface area contributed by atoms with Crippen LogP contribution in [0.5, 0.6) is 0 Å². The second-order valence-corrected chi connectivity index (χ2v) is 10.3. The first-order valence-corrected chi connectivity index (χ1v) is 12.7. The van der Waals surface area contributed by atoms with Crippen molar-refractivity contribution >= 4 is 23.2 Å². The van der Waals surface area contributed by atoms with Crippen LogP contribution in [0.2, 0.25) is 0 Å². The number of hydrogen-bond acceptors (Lipinski definition) is 6. The zero-order chi connectivity index (χ0) is 25.7. The summed E-state index contributed by atoms with van der Waals surface area (Å²) in [6.07, 6.45) is 3.63. The molecule has 190 valence electrons.